The van der Waals surface area contributed by atoms with Crippen molar-refractivity contribution in [3.05, 3.63) is 48.0 Å². The number of benzene rings is 2. The summed E-state index contributed by atoms with van der Waals surface area (Å²) in [4.78, 5) is 42.0. The zero-order valence-electron chi connectivity index (χ0n) is 23.9. The van der Waals surface area contributed by atoms with Crippen molar-refractivity contribution in [1.29, 1.82) is 0 Å². The lowest BCUT2D eigenvalue weighted by Crippen LogP contribution is -2.30. The van der Waals surface area contributed by atoms with Crippen LogP contribution in [0.5, 0.6) is 0 Å². The Morgan fingerprint density at radius 3 is 1.87 bits per heavy atom. The third-order valence-corrected chi connectivity index (χ3v) is 7.31. The van der Waals surface area contributed by atoms with Crippen molar-refractivity contribution >= 4 is 36.2 Å². The molecular weight excluding hydrogens is 525 g/mol. The Labute approximate surface area is 230 Å². The molecule has 2 aromatic carbocycles. The van der Waals surface area contributed by atoms with E-state index in [4.69, 9.17) is 23.4 Å². The van der Waals surface area contributed by atoms with Crippen molar-refractivity contribution in [2.75, 3.05) is 26.3 Å². The Morgan fingerprint density at radius 1 is 0.821 bits per heavy atom. The zero-order valence-corrected chi connectivity index (χ0v) is 24.7. The number of rotatable bonds is 13. The second kappa shape index (κ2) is 14.0. The first-order chi connectivity index (χ1) is 18.1. The number of carbonyl (C=O) groups excluding carboxylic acids is 3. The van der Waals surface area contributed by atoms with E-state index in [0.717, 1.165) is 16.3 Å². The molecule has 0 N–H and O–H groups in total. The number of hydroxylamine groups is 2. The number of carbonyl (C=O) groups is 3. The van der Waals surface area contributed by atoms with Gasteiger partial charge >= 0.3 is 19.5 Å². The minimum absolute atomic E-state index is 0.100. The van der Waals surface area contributed by atoms with E-state index in [1.54, 1.807) is 41.5 Å². The summed E-state index contributed by atoms with van der Waals surface area (Å²) in [5.41, 5.74) is -0.666. The van der Waals surface area contributed by atoms with E-state index in [-0.39, 0.29) is 31.6 Å². The highest BCUT2D eigenvalue weighted by Crippen LogP contribution is 2.49. The van der Waals surface area contributed by atoms with Crippen LogP contribution in [0.2, 0.25) is 0 Å². The summed E-state index contributed by atoms with van der Waals surface area (Å²) in [7, 11) is -3.88. The topological polar surface area (TPSA) is 118 Å². The summed E-state index contributed by atoms with van der Waals surface area (Å²) < 4.78 is 34.1. The van der Waals surface area contributed by atoms with Gasteiger partial charge in [0.15, 0.2) is 0 Å². The smallest absolute Gasteiger partial charge is 0.336 e. The van der Waals surface area contributed by atoms with Crippen LogP contribution in [0.15, 0.2) is 42.5 Å². The Balaban J connectivity index is 1.97. The minimum atomic E-state index is -3.88. The maximum absolute atomic E-state index is 13.4. The minimum Gasteiger partial charge on any atom is -0.438 e. The second-order valence-electron chi connectivity index (χ2n) is 11.1. The first-order valence-corrected chi connectivity index (χ1v) is 14.4. The van der Waals surface area contributed by atoms with Crippen molar-refractivity contribution in [1.82, 2.24) is 5.06 Å². The van der Waals surface area contributed by atoms with Gasteiger partial charge in [-0.2, -0.15) is 0 Å². The fourth-order valence-corrected chi connectivity index (χ4v) is 4.41. The van der Waals surface area contributed by atoms with E-state index in [9.17, 15) is 18.9 Å². The molecule has 0 bridgehead atoms. The number of ether oxygens (including phenoxy) is 2. The molecule has 0 aliphatic heterocycles. The van der Waals surface area contributed by atoms with E-state index in [1.165, 1.54) is 12.0 Å². The van der Waals surface area contributed by atoms with Gasteiger partial charge in [-0.25, -0.2) is 5.06 Å². The van der Waals surface area contributed by atoms with Gasteiger partial charge in [-0.05, 0) is 70.4 Å². The average Bonchev–Trinajstić information content (AvgIpc) is 2.84. The van der Waals surface area contributed by atoms with Crippen LogP contribution in [-0.2, 0) is 48.9 Å². The predicted octanol–water partition coefficient (Wildman–Crippen LogP) is 5.83. The van der Waals surface area contributed by atoms with Crippen molar-refractivity contribution in [2.24, 2.45) is 10.8 Å². The Bertz CT molecular complexity index is 1150. The molecule has 216 valence electrons. The van der Waals surface area contributed by atoms with E-state index >= 15 is 0 Å². The van der Waals surface area contributed by atoms with E-state index in [1.807, 2.05) is 42.5 Å². The van der Waals surface area contributed by atoms with Crippen LogP contribution in [0.1, 0.15) is 60.5 Å². The van der Waals surface area contributed by atoms with Crippen molar-refractivity contribution in [3.8, 4) is 0 Å². The van der Waals surface area contributed by atoms with Gasteiger partial charge in [0.05, 0.1) is 17.0 Å². The Morgan fingerprint density at radius 2 is 1.36 bits per heavy atom. The van der Waals surface area contributed by atoms with Gasteiger partial charge in [-0.15, -0.1) is 0 Å². The number of esters is 2. The van der Waals surface area contributed by atoms with Gasteiger partial charge in [0.2, 0.25) is 19.5 Å². The third-order valence-electron chi connectivity index (χ3n) is 5.45. The average molecular weight is 566 g/mol. The molecule has 2 aromatic rings. The largest absolute Gasteiger partial charge is 0.438 e. The first-order valence-electron chi connectivity index (χ1n) is 12.7. The molecule has 0 aliphatic rings. The first kappa shape index (κ1) is 32.4. The molecule has 0 spiro atoms. The maximum atomic E-state index is 13.4. The van der Waals surface area contributed by atoms with E-state index in [2.05, 4.69) is 0 Å². The quantitative estimate of drug-likeness (QED) is 0.128. The van der Waals surface area contributed by atoms with Crippen LogP contribution in [0, 0.1) is 10.8 Å². The summed E-state index contributed by atoms with van der Waals surface area (Å²) in [6.07, 6.45) is 0.0330. The molecule has 2 rings (SSSR count). The highest BCUT2D eigenvalue weighted by Gasteiger charge is 2.30. The molecule has 1 amide bonds. The summed E-state index contributed by atoms with van der Waals surface area (Å²) >= 11 is 0. The van der Waals surface area contributed by atoms with Crippen LogP contribution in [0.4, 0.5) is 0 Å². The molecule has 0 heterocycles. The van der Waals surface area contributed by atoms with Crippen LogP contribution in [0.25, 0.3) is 10.8 Å². The maximum Gasteiger partial charge on any atom is 0.336 e. The molecule has 0 saturated heterocycles. The van der Waals surface area contributed by atoms with Crippen molar-refractivity contribution in [3.63, 3.8) is 0 Å². The SMILES string of the molecule is CC(=O)N(CCCP(=O)(OCOC(=O)C(C)(C)C)OCOC(=O)C(C)(C)C)OCc1ccc2ccccc2c1. The lowest BCUT2D eigenvalue weighted by molar-refractivity contribution is -0.189. The number of hydrogen-bond donors (Lipinski definition) is 0. The number of nitrogens with zero attached hydrogens (tertiary/aromatic N) is 1. The molecule has 0 fully saturated rings. The highest BCUT2D eigenvalue weighted by molar-refractivity contribution is 7.53. The van der Waals surface area contributed by atoms with Crippen LogP contribution < -0.4 is 0 Å². The van der Waals surface area contributed by atoms with Crippen LogP contribution >= 0.6 is 7.60 Å². The van der Waals surface area contributed by atoms with Crippen molar-refractivity contribution in [2.45, 2.75) is 61.5 Å². The molecule has 39 heavy (non-hydrogen) atoms. The van der Waals surface area contributed by atoms with E-state index < -0.39 is 44.0 Å². The van der Waals surface area contributed by atoms with Crippen LogP contribution in [0.3, 0.4) is 0 Å². The summed E-state index contributed by atoms with van der Waals surface area (Å²) in [5.74, 6) is -1.42. The highest BCUT2D eigenvalue weighted by atomic mass is 31.2. The lowest BCUT2D eigenvalue weighted by Gasteiger charge is -2.24. The van der Waals surface area contributed by atoms with Crippen molar-refractivity contribution < 1.29 is 42.3 Å². The van der Waals surface area contributed by atoms with E-state index in [0.29, 0.717) is 0 Å². The second-order valence-corrected chi connectivity index (χ2v) is 13.3. The van der Waals surface area contributed by atoms with Gasteiger partial charge < -0.3 is 9.47 Å². The molecule has 0 radical (unpaired) electrons. The van der Waals surface area contributed by atoms with Gasteiger partial charge in [0.25, 0.3) is 0 Å². The third kappa shape index (κ3) is 11.1. The fraction of sp³-hybridized carbons (Fsp3) is 0.536. The molecular formula is C28H40NO9P. The monoisotopic (exact) mass is 565 g/mol. The molecule has 0 unspecified atom stereocenters. The zero-order chi connectivity index (χ0) is 29.3. The predicted molar refractivity (Wildman–Crippen MR) is 146 cm³/mol. The van der Waals surface area contributed by atoms with Gasteiger partial charge in [0.1, 0.15) is 6.61 Å². The molecule has 0 atom stereocenters. The molecule has 0 saturated carbocycles. The fourth-order valence-electron chi connectivity index (χ4n) is 3.12. The Kier molecular flexibility index (Phi) is 11.7. The number of hydrogen-bond acceptors (Lipinski definition) is 9. The molecule has 11 heteroatoms. The summed E-state index contributed by atoms with van der Waals surface area (Å²) in [6, 6.07) is 13.8. The lowest BCUT2D eigenvalue weighted by atomic mass is 9.98. The number of fused-ring (bicyclic) bond motifs is 1. The normalized spacial score (nSPS) is 12.3. The van der Waals surface area contributed by atoms with Gasteiger partial charge in [-0.3, -0.25) is 32.8 Å². The van der Waals surface area contributed by atoms with Gasteiger partial charge in [-0.1, -0.05) is 36.4 Å². The standard InChI is InChI=1S/C28H40NO9P/c1-21(30)29(36-18-22-13-14-23-11-8-9-12-24(23)17-22)15-10-16-39(33,37-19-34-25(31)27(2,3)4)38-20-35-26(32)28(5,6)7/h8-9,11-14,17H,10,15-16,18-20H2,1-7H3. The Hall–Kier alpha value is -2.78. The van der Waals surface area contributed by atoms with Gasteiger partial charge in [0, 0.05) is 13.5 Å². The summed E-state index contributed by atoms with van der Waals surface area (Å²) in [5, 5.41) is 3.34. The molecule has 10 nitrogen and oxygen atoms in total. The molecule has 0 aromatic heterocycles. The molecule has 0 aliphatic carbocycles. The summed E-state index contributed by atoms with van der Waals surface area (Å²) in [6.45, 7) is 10.5. The number of amides is 1. The van der Waals surface area contributed by atoms with Crippen LogP contribution in [-0.4, -0.2) is 49.2 Å².